The number of amides is 2. The number of hydrogen-bond acceptors (Lipinski definition) is 7. The van der Waals surface area contributed by atoms with E-state index in [1.165, 1.54) is 0 Å². The molecule has 0 saturated carbocycles. The SMILES string of the molecule is CC(C)(C)NC(=O)[C@H]1CN(Cc2cccnc2)CCN1C[C@@H](O)C[C@@H](Cc1ccccc1)C(=O)N[C@H]1c2ccccc2C[C@@H]1O. The number of aromatic nitrogens is 1. The van der Waals surface area contributed by atoms with Gasteiger partial charge in [-0.15, -0.1) is 0 Å². The molecular weight excluding hydrogens is 566 g/mol. The highest BCUT2D eigenvalue weighted by Gasteiger charge is 2.37. The molecule has 0 spiro atoms. The number of β-amino-alcohol motifs (C(OH)–C–C–N with tert-alkyl or cyclic N) is 1. The molecule has 5 atom stereocenters. The fraction of sp³-hybridized carbons (Fsp3) is 0.472. The molecule has 1 aromatic heterocycles. The molecule has 2 aromatic carbocycles. The van der Waals surface area contributed by atoms with E-state index in [9.17, 15) is 19.8 Å². The van der Waals surface area contributed by atoms with Gasteiger partial charge in [0, 0.05) is 63.0 Å². The standard InChI is InChI=1S/C36H47N5O4/c1-36(2,3)39-35(45)31-24-40(22-26-12-9-15-37-21-26)16-17-41(31)23-29(42)19-28(18-25-10-5-4-6-11-25)34(44)38-33-30-14-8-7-13-27(30)20-32(33)43/h4-15,21,28-29,31-33,42-43H,16-20,22-24H2,1-3H3,(H,38,44)(H,39,45)/t28-,29+,31-,32+,33+/m1/s1. The van der Waals surface area contributed by atoms with E-state index in [1.54, 1.807) is 6.20 Å². The first kappa shape index (κ1) is 32.8. The van der Waals surface area contributed by atoms with Crippen LogP contribution >= 0.6 is 0 Å². The minimum Gasteiger partial charge on any atom is -0.392 e. The van der Waals surface area contributed by atoms with E-state index >= 15 is 0 Å². The van der Waals surface area contributed by atoms with Gasteiger partial charge in [-0.25, -0.2) is 0 Å². The number of benzene rings is 2. The highest BCUT2D eigenvalue weighted by atomic mass is 16.3. The van der Waals surface area contributed by atoms with Crippen LogP contribution in [0.2, 0.25) is 0 Å². The molecule has 3 aromatic rings. The van der Waals surface area contributed by atoms with E-state index in [0.29, 0.717) is 32.5 Å². The summed E-state index contributed by atoms with van der Waals surface area (Å²) in [6.07, 6.45) is 3.26. The predicted octanol–water partition coefficient (Wildman–Crippen LogP) is 2.87. The number of nitrogens with zero attached hydrogens (tertiary/aromatic N) is 3. The number of hydrogen-bond donors (Lipinski definition) is 4. The topological polar surface area (TPSA) is 118 Å². The Balaban J connectivity index is 1.29. The fourth-order valence-electron chi connectivity index (χ4n) is 6.56. The average molecular weight is 614 g/mol. The number of piperazine rings is 1. The maximum atomic E-state index is 13.8. The molecule has 45 heavy (non-hydrogen) atoms. The second-order valence-electron chi connectivity index (χ2n) is 13.6. The van der Waals surface area contributed by atoms with Crippen LogP contribution in [0.15, 0.2) is 79.1 Å². The Labute approximate surface area is 266 Å². The van der Waals surface area contributed by atoms with Crippen molar-refractivity contribution in [3.05, 3.63) is 101 Å². The summed E-state index contributed by atoms with van der Waals surface area (Å²) in [7, 11) is 0. The molecule has 2 aliphatic rings. The smallest absolute Gasteiger partial charge is 0.239 e. The number of rotatable bonds is 11. The maximum Gasteiger partial charge on any atom is 0.239 e. The van der Waals surface area contributed by atoms with Crippen LogP contribution in [0.5, 0.6) is 0 Å². The van der Waals surface area contributed by atoms with E-state index < -0.39 is 35.7 Å². The van der Waals surface area contributed by atoms with Crippen LogP contribution in [-0.2, 0) is 29.0 Å². The number of carbonyl (C=O) groups is 2. The largest absolute Gasteiger partial charge is 0.392 e. The monoisotopic (exact) mass is 613 g/mol. The van der Waals surface area contributed by atoms with Crippen molar-refractivity contribution in [2.45, 2.75) is 76.4 Å². The first-order chi connectivity index (χ1) is 21.6. The molecule has 5 rings (SSSR count). The van der Waals surface area contributed by atoms with Crippen LogP contribution in [0.25, 0.3) is 0 Å². The molecule has 0 radical (unpaired) electrons. The van der Waals surface area contributed by atoms with Gasteiger partial charge in [-0.1, -0.05) is 60.7 Å². The molecule has 0 unspecified atom stereocenters. The second-order valence-corrected chi connectivity index (χ2v) is 13.6. The second kappa shape index (κ2) is 14.6. The zero-order chi connectivity index (χ0) is 32.0. The van der Waals surface area contributed by atoms with Crippen molar-refractivity contribution in [2.24, 2.45) is 5.92 Å². The summed E-state index contributed by atoms with van der Waals surface area (Å²) in [5.41, 5.74) is 3.68. The number of carbonyl (C=O) groups excluding carboxylic acids is 2. The Bertz CT molecular complexity index is 1410. The first-order valence-electron chi connectivity index (χ1n) is 16.0. The molecule has 0 bridgehead atoms. The predicted molar refractivity (Wildman–Crippen MR) is 174 cm³/mol. The van der Waals surface area contributed by atoms with Gasteiger partial charge in [0.25, 0.3) is 0 Å². The third-order valence-corrected chi connectivity index (χ3v) is 8.70. The van der Waals surface area contributed by atoms with Gasteiger partial charge < -0.3 is 20.8 Å². The van der Waals surface area contributed by atoms with Gasteiger partial charge in [-0.2, -0.15) is 0 Å². The van der Waals surface area contributed by atoms with E-state index in [4.69, 9.17) is 0 Å². The number of pyridine rings is 1. The molecule has 1 aliphatic heterocycles. The molecule has 2 amide bonds. The Morgan fingerprint density at radius 2 is 1.73 bits per heavy atom. The van der Waals surface area contributed by atoms with Crippen LogP contribution in [0.1, 0.15) is 55.5 Å². The van der Waals surface area contributed by atoms with E-state index in [0.717, 1.165) is 28.8 Å². The molecule has 9 nitrogen and oxygen atoms in total. The molecule has 1 saturated heterocycles. The van der Waals surface area contributed by atoms with E-state index in [1.807, 2.05) is 93.7 Å². The maximum absolute atomic E-state index is 13.8. The number of aliphatic hydroxyl groups is 2. The van der Waals surface area contributed by atoms with E-state index in [2.05, 4.69) is 25.4 Å². The summed E-state index contributed by atoms with van der Waals surface area (Å²) in [5.74, 6) is -0.781. The zero-order valence-electron chi connectivity index (χ0n) is 26.6. The lowest BCUT2D eigenvalue weighted by Gasteiger charge is -2.42. The summed E-state index contributed by atoms with van der Waals surface area (Å²) >= 11 is 0. The Kier molecular flexibility index (Phi) is 10.7. The van der Waals surface area contributed by atoms with Gasteiger partial charge in [-0.05, 0) is 61.9 Å². The number of aliphatic hydroxyl groups excluding tert-OH is 2. The third kappa shape index (κ3) is 8.98. The van der Waals surface area contributed by atoms with Gasteiger partial charge in [0.05, 0.1) is 18.2 Å². The Hall–Kier alpha value is -3.63. The van der Waals surface area contributed by atoms with Crippen molar-refractivity contribution >= 4 is 11.8 Å². The van der Waals surface area contributed by atoms with Gasteiger partial charge in [0.1, 0.15) is 6.04 Å². The van der Waals surface area contributed by atoms with Crippen molar-refractivity contribution in [2.75, 3.05) is 26.2 Å². The van der Waals surface area contributed by atoms with Gasteiger partial charge in [0.15, 0.2) is 0 Å². The number of fused-ring (bicyclic) bond motifs is 1. The molecule has 240 valence electrons. The average Bonchev–Trinajstić information content (AvgIpc) is 3.32. The van der Waals surface area contributed by atoms with Crippen molar-refractivity contribution in [1.29, 1.82) is 0 Å². The van der Waals surface area contributed by atoms with Gasteiger partial charge in [-0.3, -0.25) is 24.4 Å². The van der Waals surface area contributed by atoms with Gasteiger partial charge >= 0.3 is 0 Å². The highest BCUT2D eigenvalue weighted by molar-refractivity contribution is 5.83. The molecule has 4 N–H and O–H groups in total. The first-order valence-corrected chi connectivity index (χ1v) is 16.0. The fourth-order valence-corrected chi connectivity index (χ4v) is 6.56. The molecular formula is C36H47N5O4. The summed E-state index contributed by atoms with van der Waals surface area (Å²) < 4.78 is 0. The zero-order valence-corrected chi connectivity index (χ0v) is 26.6. The minimum absolute atomic E-state index is 0.0712. The van der Waals surface area contributed by atoms with Crippen molar-refractivity contribution in [3.8, 4) is 0 Å². The van der Waals surface area contributed by atoms with Crippen molar-refractivity contribution in [1.82, 2.24) is 25.4 Å². The molecule has 2 heterocycles. The van der Waals surface area contributed by atoms with Crippen LogP contribution in [0.4, 0.5) is 0 Å². The summed E-state index contributed by atoms with van der Waals surface area (Å²) in [6, 6.07) is 20.6. The van der Waals surface area contributed by atoms with Gasteiger partial charge in [0.2, 0.25) is 11.8 Å². The summed E-state index contributed by atoms with van der Waals surface area (Å²) in [6.45, 7) is 8.74. The normalized spacial score (nSPS) is 21.9. The summed E-state index contributed by atoms with van der Waals surface area (Å²) in [4.78, 5) is 35.9. The Morgan fingerprint density at radius 3 is 2.47 bits per heavy atom. The van der Waals surface area contributed by atoms with Crippen molar-refractivity contribution in [3.63, 3.8) is 0 Å². The molecule has 1 aliphatic carbocycles. The summed E-state index contributed by atoms with van der Waals surface area (Å²) in [5, 5.41) is 28.5. The highest BCUT2D eigenvalue weighted by Crippen LogP contribution is 2.32. The van der Waals surface area contributed by atoms with Crippen LogP contribution in [0, 0.1) is 5.92 Å². The van der Waals surface area contributed by atoms with Crippen molar-refractivity contribution < 1.29 is 19.8 Å². The minimum atomic E-state index is -0.833. The third-order valence-electron chi connectivity index (χ3n) is 8.70. The number of nitrogens with one attached hydrogen (secondary N) is 2. The lowest BCUT2D eigenvalue weighted by molar-refractivity contribution is -0.132. The lowest BCUT2D eigenvalue weighted by atomic mass is 9.91. The van der Waals surface area contributed by atoms with Crippen LogP contribution < -0.4 is 10.6 Å². The van der Waals surface area contributed by atoms with Crippen LogP contribution in [-0.4, -0.2) is 86.8 Å². The van der Waals surface area contributed by atoms with Crippen LogP contribution in [0.3, 0.4) is 0 Å². The molecule has 1 fully saturated rings. The lowest BCUT2D eigenvalue weighted by Crippen LogP contribution is -2.61. The van der Waals surface area contributed by atoms with E-state index in [-0.39, 0.29) is 24.8 Å². The quantitative estimate of drug-likeness (QED) is 0.263. The Morgan fingerprint density at radius 1 is 1.00 bits per heavy atom. The molecule has 9 heteroatoms.